The van der Waals surface area contributed by atoms with Crippen LogP contribution < -0.4 is 10.5 Å². The number of ether oxygens (including phenoxy) is 2. The van der Waals surface area contributed by atoms with Gasteiger partial charge in [-0.05, 0) is 59.5 Å². The molecule has 2 N–H and O–H groups in total. The molecule has 0 fully saturated rings. The fourth-order valence-electron chi connectivity index (χ4n) is 2.42. The molecule has 0 radical (unpaired) electrons. The molecule has 1 aliphatic heterocycles. The molecule has 20 heavy (non-hydrogen) atoms. The van der Waals surface area contributed by atoms with Gasteiger partial charge < -0.3 is 15.2 Å². The van der Waals surface area contributed by atoms with Crippen LogP contribution in [0.3, 0.4) is 0 Å². The van der Waals surface area contributed by atoms with Crippen molar-refractivity contribution in [1.82, 2.24) is 0 Å². The number of benzene rings is 2. The first-order valence-electron chi connectivity index (χ1n) is 6.34. The lowest BCUT2D eigenvalue weighted by molar-refractivity contribution is 0.0478. The molecular weight excluding hydrogens is 254 g/mol. The van der Waals surface area contributed by atoms with Crippen LogP contribution in [-0.4, -0.2) is 13.1 Å². The summed E-state index contributed by atoms with van der Waals surface area (Å²) in [5.74, 6) is 0.294. The summed E-state index contributed by atoms with van der Waals surface area (Å²) in [4.78, 5) is 12.1. The number of aryl methyl sites for hydroxylation is 1. The maximum atomic E-state index is 12.1. The van der Waals surface area contributed by atoms with E-state index >= 15 is 0 Å². The summed E-state index contributed by atoms with van der Waals surface area (Å²) in [6.07, 6.45) is 0. The minimum Gasteiger partial charge on any atom is -0.497 e. The Morgan fingerprint density at radius 1 is 1.15 bits per heavy atom. The first-order chi connectivity index (χ1) is 9.60. The van der Waals surface area contributed by atoms with E-state index in [9.17, 15) is 4.79 Å². The van der Waals surface area contributed by atoms with Crippen LogP contribution >= 0.6 is 0 Å². The second kappa shape index (κ2) is 4.56. The van der Waals surface area contributed by atoms with Crippen LogP contribution in [0.2, 0.25) is 0 Å². The van der Waals surface area contributed by atoms with Gasteiger partial charge in [0.15, 0.2) is 0 Å². The van der Waals surface area contributed by atoms with Crippen molar-refractivity contribution in [3.05, 3.63) is 47.0 Å². The number of fused-ring (bicyclic) bond motifs is 3. The van der Waals surface area contributed by atoms with Gasteiger partial charge in [0.25, 0.3) is 0 Å². The van der Waals surface area contributed by atoms with Crippen molar-refractivity contribution in [2.45, 2.75) is 13.5 Å². The van der Waals surface area contributed by atoms with E-state index in [1.807, 2.05) is 31.2 Å². The molecule has 1 heterocycles. The highest BCUT2D eigenvalue weighted by atomic mass is 16.5. The monoisotopic (exact) mass is 269 g/mol. The van der Waals surface area contributed by atoms with Gasteiger partial charge >= 0.3 is 5.97 Å². The Kier molecular flexibility index (Phi) is 2.86. The van der Waals surface area contributed by atoms with Crippen molar-refractivity contribution < 1.29 is 14.3 Å². The molecule has 0 aromatic heterocycles. The fourth-order valence-corrected chi connectivity index (χ4v) is 2.42. The maximum Gasteiger partial charge on any atom is 0.339 e. The summed E-state index contributed by atoms with van der Waals surface area (Å²) in [7, 11) is 1.57. The Morgan fingerprint density at radius 2 is 1.95 bits per heavy atom. The van der Waals surface area contributed by atoms with E-state index in [4.69, 9.17) is 15.2 Å². The molecule has 4 heteroatoms. The number of nitrogens with two attached hydrogens (primary N) is 1. The number of carbonyl (C=O) groups excluding carboxylic acids is 1. The predicted molar refractivity (Wildman–Crippen MR) is 76.7 cm³/mol. The Balaban J connectivity index is 2.28. The number of carbonyl (C=O) groups is 1. The lowest BCUT2D eigenvalue weighted by atomic mass is 9.94. The van der Waals surface area contributed by atoms with E-state index in [-0.39, 0.29) is 12.6 Å². The summed E-state index contributed by atoms with van der Waals surface area (Å²) in [5.41, 5.74) is 10.9. The first kappa shape index (κ1) is 12.5. The van der Waals surface area contributed by atoms with E-state index in [1.54, 1.807) is 13.2 Å². The lowest BCUT2D eigenvalue weighted by Gasteiger charge is -2.11. The van der Waals surface area contributed by atoms with Crippen molar-refractivity contribution in [3.63, 3.8) is 0 Å². The molecule has 102 valence electrons. The Hall–Kier alpha value is -2.49. The number of hydrogen-bond acceptors (Lipinski definition) is 4. The molecule has 0 atom stereocenters. The normalized spacial score (nSPS) is 13.0. The van der Waals surface area contributed by atoms with Gasteiger partial charge in [-0.1, -0.05) is 0 Å². The van der Waals surface area contributed by atoms with Gasteiger partial charge in [0.05, 0.1) is 12.7 Å². The van der Waals surface area contributed by atoms with Crippen LogP contribution in [0, 0.1) is 6.92 Å². The third kappa shape index (κ3) is 1.90. The van der Waals surface area contributed by atoms with Crippen LogP contribution in [-0.2, 0) is 11.3 Å². The highest BCUT2D eigenvalue weighted by Crippen LogP contribution is 2.35. The van der Waals surface area contributed by atoms with Crippen LogP contribution in [0.25, 0.3) is 11.1 Å². The van der Waals surface area contributed by atoms with Crippen molar-refractivity contribution >= 4 is 11.7 Å². The number of nitrogen functional groups attached to an aromatic ring is 1. The minimum atomic E-state index is -0.341. The van der Waals surface area contributed by atoms with E-state index in [0.717, 1.165) is 22.3 Å². The maximum absolute atomic E-state index is 12.1. The zero-order valence-corrected chi connectivity index (χ0v) is 11.4. The zero-order chi connectivity index (χ0) is 14.3. The van der Waals surface area contributed by atoms with Gasteiger partial charge in [0, 0.05) is 5.69 Å². The topological polar surface area (TPSA) is 61.5 Å². The average molecular weight is 269 g/mol. The van der Waals surface area contributed by atoms with Gasteiger partial charge in [-0.25, -0.2) is 4.79 Å². The van der Waals surface area contributed by atoms with Gasteiger partial charge in [-0.15, -0.1) is 0 Å². The molecule has 0 bridgehead atoms. The second-order valence-electron chi connectivity index (χ2n) is 4.85. The van der Waals surface area contributed by atoms with E-state index in [0.29, 0.717) is 17.0 Å². The molecule has 2 aromatic carbocycles. The van der Waals surface area contributed by atoms with Crippen LogP contribution in [0.1, 0.15) is 21.5 Å². The third-order valence-electron chi connectivity index (χ3n) is 3.59. The smallest absolute Gasteiger partial charge is 0.339 e. The quantitative estimate of drug-likeness (QED) is 0.638. The van der Waals surface area contributed by atoms with Crippen LogP contribution in [0.4, 0.5) is 5.69 Å². The first-order valence-corrected chi connectivity index (χ1v) is 6.34. The molecule has 2 aromatic rings. The standard InChI is InChI=1S/C16H15NO3/c1-9-5-13-10(6-15(9)17)8-20-16(18)14-7-11(19-2)3-4-12(13)14/h3-7H,8,17H2,1-2H3. The summed E-state index contributed by atoms with van der Waals surface area (Å²) in [6.45, 7) is 2.18. The summed E-state index contributed by atoms with van der Waals surface area (Å²) >= 11 is 0. The number of cyclic esters (lactones) is 1. The minimum absolute atomic E-state index is 0.232. The van der Waals surface area contributed by atoms with Crippen molar-refractivity contribution in [2.75, 3.05) is 12.8 Å². The van der Waals surface area contributed by atoms with Gasteiger partial charge in [0.2, 0.25) is 0 Å². The largest absolute Gasteiger partial charge is 0.497 e. The number of anilines is 1. The summed E-state index contributed by atoms with van der Waals surface area (Å²) < 4.78 is 10.5. The van der Waals surface area contributed by atoms with E-state index < -0.39 is 0 Å². The average Bonchev–Trinajstić information content (AvgIpc) is 2.58. The van der Waals surface area contributed by atoms with Crippen LogP contribution in [0.15, 0.2) is 30.3 Å². The van der Waals surface area contributed by atoms with Crippen LogP contribution in [0.5, 0.6) is 5.75 Å². The van der Waals surface area contributed by atoms with Crippen molar-refractivity contribution in [3.8, 4) is 16.9 Å². The Bertz CT molecular complexity index is 707. The highest BCUT2D eigenvalue weighted by molar-refractivity contribution is 5.99. The lowest BCUT2D eigenvalue weighted by Crippen LogP contribution is -2.03. The number of hydrogen-bond donors (Lipinski definition) is 1. The molecule has 0 unspecified atom stereocenters. The summed E-state index contributed by atoms with van der Waals surface area (Å²) in [6, 6.07) is 9.30. The molecule has 3 rings (SSSR count). The Morgan fingerprint density at radius 3 is 2.70 bits per heavy atom. The number of esters is 1. The van der Waals surface area contributed by atoms with Crippen molar-refractivity contribution in [1.29, 1.82) is 0 Å². The molecular formula is C16H15NO3. The van der Waals surface area contributed by atoms with E-state index in [2.05, 4.69) is 0 Å². The fraction of sp³-hybridized carbons (Fsp3) is 0.188. The molecule has 0 saturated heterocycles. The molecule has 0 saturated carbocycles. The summed E-state index contributed by atoms with van der Waals surface area (Å²) in [5, 5.41) is 0. The molecule has 0 spiro atoms. The van der Waals surface area contributed by atoms with Gasteiger partial charge in [-0.3, -0.25) is 0 Å². The SMILES string of the molecule is COc1ccc2c(c1)C(=O)OCc1cc(N)c(C)cc1-2. The van der Waals surface area contributed by atoms with Gasteiger partial charge in [0.1, 0.15) is 12.4 Å². The molecule has 0 amide bonds. The molecule has 4 nitrogen and oxygen atoms in total. The zero-order valence-electron chi connectivity index (χ0n) is 11.4. The Labute approximate surface area is 117 Å². The van der Waals surface area contributed by atoms with Crippen molar-refractivity contribution in [2.24, 2.45) is 0 Å². The number of rotatable bonds is 1. The van der Waals surface area contributed by atoms with E-state index in [1.165, 1.54) is 0 Å². The second-order valence-corrected chi connectivity index (χ2v) is 4.85. The highest BCUT2D eigenvalue weighted by Gasteiger charge is 2.22. The third-order valence-corrected chi connectivity index (χ3v) is 3.59. The predicted octanol–water partition coefficient (Wildman–Crippen LogP) is 2.92. The number of methoxy groups -OCH3 is 1. The molecule has 0 aliphatic carbocycles. The van der Waals surface area contributed by atoms with Gasteiger partial charge in [-0.2, -0.15) is 0 Å². The molecule has 1 aliphatic rings.